The maximum absolute atomic E-state index is 10.5. The first kappa shape index (κ1) is 6.04. The smallest absolute Gasteiger partial charge is 0.223 e. The average Bonchev–Trinajstić information content (AvgIpc) is 1.64. The van der Waals surface area contributed by atoms with Crippen LogP contribution in [-0.4, -0.2) is 17.5 Å². The zero-order valence-electron chi connectivity index (χ0n) is 4.28. The van der Waals surface area contributed by atoms with Gasteiger partial charge in [0.2, 0.25) is 5.91 Å². The van der Waals surface area contributed by atoms with Crippen molar-refractivity contribution in [2.24, 2.45) is 0 Å². The highest BCUT2D eigenvalue weighted by Gasteiger charge is 2.13. The Morgan fingerprint density at radius 3 is 2.88 bits per heavy atom. The second kappa shape index (κ2) is 2.46. The average molecular weight is 179 g/mol. The van der Waals surface area contributed by atoms with Gasteiger partial charge in [0, 0.05) is 0 Å². The molecule has 4 heteroatoms. The predicted molar refractivity (Wildman–Crippen MR) is 33.5 cm³/mol. The van der Waals surface area contributed by atoms with Crippen LogP contribution in [0, 0.1) is 0 Å². The molecule has 0 aliphatic carbocycles. The van der Waals surface area contributed by atoms with Crippen molar-refractivity contribution in [2.45, 2.75) is 11.4 Å². The van der Waals surface area contributed by atoms with E-state index in [1.54, 1.807) is 0 Å². The summed E-state index contributed by atoms with van der Waals surface area (Å²) in [6.07, 6.45) is 0.528. The minimum atomic E-state index is 0.102. The summed E-state index contributed by atoms with van der Waals surface area (Å²) >= 11 is 3.26. The molecule has 1 aliphatic heterocycles. The van der Waals surface area contributed by atoms with E-state index >= 15 is 0 Å². The highest BCUT2D eigenvalue weighted by molar-refractivity contribution is 9.09. The highest BCUT2D eigenvalue weighted by Crippen LogP contribution is 2.02. The molecule has 1 atom stereocenters. The van der Waals surface area contributed by atoms with Gasteiger partial charge >= 0.3 is 0 Å². The van der Waals surface area contributed by atoms with Gasteiger partial charge < -0.3 is 5.32 Å². The van der Waals surface area contributed by atoms with E-state index in [1.807, 2.05) is 0 Å². The van der Waals surface area contributed by atoms with Crippen molar-refractivity contribution < 1.29 is 4.79 Å². The minimum Gasteiger partial charge on any atom is -0.343 e. The maximum atomic E-state index is 10.5. The van der Waals surface area contributed by atoms with Crippen molar-refractivity contribution in [1.82, 2.24) is 10.6 Å². The first-order valence-electron chi connectivity index (χ1n) is 2.43. The Morgan fingerprint density at radius 1 is 1.75 bits per heavy atom. The molecule has 0 bridgehead atoms. The van der Waals surface area contributed by atoms with E-state index in [1.165, 1.54) is 0 Å². The van der Waals surface area contributed by atoms with Crippen molar-refractivity contribution in [1.29, 1.82) is 0 Å². The van der Waals surface area contributed by atoms with Crippen LogP contribution in [0.4, 0.5) is 0 Å². The van der Waals surface area contributed by atoms with Crippen LogP contribution in [0.15, 0.2) is 0 Å². The Morgan fingerprint density at radius 2 is 2.50 bits per heavy atom. The van der Waals surface area contributed by atoms with E-state index < -0.39 is 0 Å². The molecule has 1 unspecified atom stereocenters. The van der Waals surface area contributed by atoms with E-state index in [2.05, 4.69) is 26.6 Å². The van der Waals surface area contributed by atoms with Crippen molar-refractivity contribution in [2.75, 3.05) is 6.67 Å². The van der Waals surface area contributed by atoms with Gasteiger partial charge in [-0.3, -0.25) is 10.1 Å². The van der Waals surface area contributed by atoms with Gasteiger partial charge in [-0.05, 0) is 0 Å². The quantitative estimate of drug-likeness (QED) is 0.398. The molecule has 1 saturated heterocycles. The first-order valence-corrected chi connectivity index (χ1v) is 3.35. The lowest BCUT2D eigenvalue weighted by molar-refractivity contribution is -0.122. The fourth-order valence-corrected chi connectivity index (χ4v) is 1.02. The third-order valence-electron chi connectivity index (χ3n) is 0.974. The lowest BCUT2D eigenvalue weighted by Gasteiger charge is -2.17. The van der Waals surface area contributed by atoms with E-state index in [-0.39, 0.29) is 10.9 Å². The molecule has 46 valence electrons. The third-order valence-corrected chi connectivity index (χ3v) is 1.62. The molecule has 0 aromatic heterocycles. The van der Waals surface area contributed by atoms with Crippen molar-refractivity contribution in [3.8, 4) is 0 Å². The second-order valence-electron chi connectivity index (χ2n) is 1.65. The normalized spacial score (nSPS) is 29.6. The summed E-state index contributed by atoms with van der Waals surface area (Å²) < 4.78 is 0. The molecule has 1 rings (SSSR count). The number of rotatable bonds is 0. The molecule has 0 aromatic rings. The molecular weight excluding hydrogens is 172 g/mol. The maximum Gasteiger partial charge on any atom is 0.223 e. The molecule has 1 aliphatic rings. The summed E-state index contributed by atoms with van der Waals surface area (Å²) in [6.45, 7) is 0.578. The molecular formula is C4H7BrN2O. The molecule has 0 saturated carbocycles. The monoisotopic (exact) mass is 178 g/mol. The molecule has 0 radical (unpaired) electrons. The zero-order chi connectivity index (χ0) is 5.98. The Hall–Kier alpha value is -0.0900. The van der Waals surface area contributed by atoms with Gasteiger partial charge in [0.15, 0.2) is 0 Å². The number of amides is 1. The fourth-order valence-electron chi connectivity index (χ4n) is 0.567. The summed E-state index contributed by atoms with van der Waals surface area (Å²) in [4.78, 5) is 10.7. The number of halogens is 1. The van der Waals surface area contributed by atoms with Gasteiger partial charge in [0.25, 0.3) is 0 Å². The van der Waals surface area contributed by atoms with Crippen LogP contribution in [0.25, 0.3) is 0 Å². The summed E-state index contributed by atoms with van der Waals surface area (Å²) in [6, 6.07) is 0. The van der Waals surface area contributed by atoms with Crippen LogP contribution in [-0.2, 0) is 4.79 Å². The molecule has 1 heterocycles. The SMILES string of the molecule is O=C1CC(Br)NCN1. The van der Waals surface area contributed by atoms with Gasteiger partial charge in [0.05, 0.1) is 18.0 Å². The lowest BCUT2D eigenvalue weighted by atomic mass is 10.3. The van der Waals surface area contributed by atoms with Crippen LogP contribution < -0.4 is 10.6 Å². The standard InChI is InChI=1S/C4H7BrN2O/c5-3-1-4(8)7-2-6-3/h3,6H,1-2H2,(H,7,8). The van der Waals surface area contributed by atoms with Crippen LogP contribution in [0.5, 0.6) is 0 Å². The predicted octanol–water partition coefficient (Wildman–Crippen LogP) is -0.226. The number of carbonyl (C=O) groups excluding carboxylic acids is 1. The number of hydrogen-bond donors (Lipinski definition) is 2. The molecule has 1 amide bonds. The van der Waals surface area contributed by atoms with Crippen LogP contribution in [0.3, 0.4) is 0 Å². The zero-order valence-corrected chi connectivity index (χ0v) is 5.86. The van der Waals surface area contributed by atoms with Gasteiger partial charge in [-0.2, -0.15) is 0 Å². The van der Waals surface area contributed by atoms with Gasteiger partial charge in [-0.25, -0.2) is 0 Å². The molecule has 0 aromatic carbocycles. The Bertz CT molecular complexity index is 106. The van der Waals surface area contributed by atoms with Crippen LogP contribution in [0.2, 0.25) is 0 Å². The first-order chi connectivity index (χ1) is 3.79. The highest BCUT2D eigenvalue weighted by atomic mass is 79.9. The van der Waals surface area contributed by atoms with Crippen molar-refractivity contribution in [3.05, 3.63) is 0 Å². The summed E-state index contributed by atoms with van der Waals surface area (Å²) in [5, 5.41) is 5.63. The largest absolute Gasteiger partial charge is 0.343 e. The molecule has 0 spiro atoms. The minimum absolute atomic E-state index is 0.102. The van der Waals surface area contributed by atoms with E-state index in [0.29, 0.717) is 13.1 Å². The number of hydrogen-bond acceptors (Lipinski definition) is 2. The Kier molecular flexibility index (Phi) is 1.85. The van der Waals surface area contributed by atoms with Gasteiger partial charge in [0.1, 0.15) is 0 Å². The molecule has 1 fully saturated rings. The summed E-state index contributed by atoms with van der Waals surface area (Å²) in [7, 11) is 0. The van der Waals surface area contributed by atoms with Gasteiger partial charge in [-0.1, -0.05) is 15.9 Å². The molecule has 8 heavy (non-hydrogen) atoms. The van der Waals surface area contributed by atoms with E-state index in [9.17, 15) is 4.79 Å². The summed E-state index contributed by atoms with van der Waals surface area (Å²) in [5.74, 6) is 0.102. The lowest BCUT2D eigenvalue weighted by Crippen LogP contribution is -2.45. The third kappa shape index (κ3) is 1.45. The Balaban J connectivity index is 2.34. The van der Waals surface area contributed by atoms with E-state index in [0.717, 1.165) is 0 Å². The van der Waals surface area contributed by atoms with Gasteiger partial charge in [-0.15, -0.1) is 0 Å². The topological polar surface area (TPSA) is 41.1 Å². The number of alkyl halides is 1. The molecule has 2 N–H and O–H groups in total. The number of carbonyl (C=O) groups is 1. The second-order valence-corrected chi connectivity index (χ2v) is 2.76. The van der Waals surface area contributed by atoms with Crippen LogP contribution >= 0.6 is 15.9 Å². The van der Waals surface area contributed by atoms with Crippen molar-refractivity contribution in [3.63, 3.8) is 0 Å². The summed E-state index contributed by atoms with van der Waals surface area (Å²) in [5.41, 5.74) is 0. The van der Waals surface area contributed by atoms with E-state index in [4.69, 9.17) is 0 Å². The fraction of sp³-hybridized carbons (Fsp3) is 0.750. The molecule has 3 nitrogen and oxygen atoms in total. The van der Waals surface area contributed by atoms with Crippen molar-refractivity contribution >= 4 is 21.8 Å². The van der Waals surface area contributed by atoms with Crippen LogP contribution in [0.1, 0.15) is 6.42 Å². The number of nitrogens with one attached hydrogen (secondary N) is 2. The Labute approximate surface area is 56.0 Å².